The molecule has 7 heteroatoms. The largest absolute Gasteiger partial charge is 0.495 e. The van der Waals surface area contributed by atoms with Gasteiger partial charge >= 0.3 is 5.97 Å². The van der Waals surface area contributed by atoms with E-state index in [-0.39, 0.29) is 6.42 Å². The second-order valence-electron chi connectivity index (χ2n) is 4.86. The lowest BCUT2D eigenvalue weighted by molar-refractivity contribution is -0.146. The first-order valence-corrected chi connectivity index (χ1v) is 7.77. The molecule has 2 aromatic carbocycles. The van der Waals surface area contributed by atoms with Gasteiger partial charge in [-0.25, -0.2) is 0 Å². The van der Waals surface area contributed by atoms with Gasteiger partial charge in [0, 0.05) is 10.0 Å². The number of carbonyl (C=O) groups excluding carboxylic acids is 2. The summed E-state index contributed by atoms with van der Waals surface area (Å²) in [5.41, 5.74) is 1.16. The predicted octanol–water partition coefficient (Wildman–Crippen LogP) is 3.73. The predicted molar refractivity (Wildman–Crippen MR) is 92.7 cm³/mol. The molecule has 0 radical (unpaired) electrons. The third kappa shape index (κ3) is 5.44. The lowest BCUT2D eigenvalue weighted by Crippen LogP contribution is -2.21. The number of anilines is 1. The van der Waals surface area contributed by atoms with Crippen molar-refractivity contribution < 1.29 is 19.1 Å². The number of esters is 1. The number of halogens is 2. The molecule has 0 aliphatic carbocycles. The smallest absolute Gasteiger partial charge is 0.310 e. The Morgan fingerprint density at radius 3 is 2.38 bits per heavy atom. The standard InChI is InChI=1S/C17H15Cl2NO4/c1-23-15-7-6-13(19)9-14(15)20-16(21)10-24-17(22)8-11-2-4-12(18)5-3-11/h2-7,9H,8,10H2,1H3,(H,20,21). The van der Waals surface area contributed by atoms with Crippen molar-refractivity contribution >= 4 is 40.8 Å². The Kier molecular flexibility index (Phi) is 6.46. The molecule has 0 spiro atoms. The summed E-state index contributed by atoms with van der Waals surface area (Å²) >= 11 is 11.7. The Balaban J connectivity index is 1.85. The normalized spacial score (nSPS) is 10.1. The summed E-state index contributed by atoms with van der Waals surface area (Å²) in [6, 6.07) is 11.6. The van der Waals surface area contributed by atoms with Gasteiger partial charge in [-0.2, -0.15) is 0 Å². The molecule has 0 fully saturated rings. The fraction of sp³-hybridized carbons (Fsp3) is 0.176. The minimum absolute atomic E-state index is 0.0605. The number of hydrogen-bond donors (Lipinski definition) is 1. The molecule has 24 heavy (non-hydrogen) atoms. The molecule has 0 saturated heterocycles. The molecule has 0 atom stereocenters. The zero-order valence-corrected chi connectivity index (χ0v) is 14.4. The molecule has 0 aliphatic heterocycles. The summed E-state index contributed by atoms with van der Waals surface area (Å²) in [6.07, 6.45) is 0.0605. The van der Waals surface area contributed by atoms with Gasteiger partial charge in [0.1, 0.15) is 5.75 Å². The zero-order chi connectivity index (χ0) is 17.5. The molecule has 5 nitrogen and oxygen atoms in total. The van der Waals surface area contributed by atoms with Crippen molar-refractivity contribution in [1.29, 1.82) is 0 Å². The molecule has 126 valence electrons. The topological polar surface area (TPSA) is 64.6 Å². The van der Waals surface area contributed by atoms with Gasteiger partial charge in [-0.3, -0.25) is 9.59 Å². The Morgan fingerprint density at radius 1 is 1.04 bits per heavy atom. The highest BCUT2D eigenvalue weighted by Gasteiger charge is 2.11. The third-order valence-corrected chi connectivity index (χ3v) is 3.55. The number of amides is 1. The lowest BCUT2D eigenvalue weighted by Gasteiger charge is -2.11. The molecule has 2 aromatic rings. The van der Waals surface area contributed by atoms with Gasteiger partial charge in [0.25, 0.3) is 5.91 Å². The highest BCUT2D eigenvalue weighted by molar-refractivity contribution is 6.31. The molecule has 0 heterocycles. The minimum Gasteiger partial charge on any atom is -0.495 e. The zero-order valence-electron chi connectivity index (χ0n) is 12.8. The maximum atomic E-state index is 11.9. The van der Waals surface area contributed by atoms with Crippen LogP contribution in [0.3, 0.4) is 0 Å². The second kappa shape index (κ2) is 8.57. The number of rotatable bonds is 6. The first-order valence-electron chi connectivity index (χ1n) is 7.01. The Morgan fingerprint density at radius 2 is 1.71 bits per heavy atom. The van der Waals surface area contributed by atoms with Crippen molar-refractivity contribution in [2.24, 2.45) is 0 Å². The molecule has 0 saturated carbocycles. The molecular weight excluding hydrogens is 353 g/mol. The Hall–Kier alpha value is -2.24. The van der Waals surface area contributed by atoms with Gasteiger partial charge in [0.15, 0.2) is 6.61 Å². The lowest BCUT2D eigenvalue weighted by atomic mass is 10.1. The van der Waals surface area contributed by atoms with E-state index in [0.29, 0.717) is 21.5 Å². The van der Waals surface area contributed by atoms with Crippen molar-refractivity contribution in [2.45, 2.75) is 6.42 Å². The van der Waals surface area contributed by atoms with Crippen molar-refractivity contribution in [1.82, 2.24) is 0 Å². The molecular formula is C17H15Cl2NO4. The average molecular weight is 368 g/mol. The van der Waals surface area contributed by atoms with Crippen molar-refractivity contribution in [3.05, 3.63) is 58.1 Å². The fourth-order valence-electron chi connectivity index (χ4n) is 1.93. The number of benzene rings is 2. The van der Waals surface area contributed by atoms with Crippen molar-refractivity contribution in [2.75, 3.05) is 19.0 Å². The summed E-state index contributed by atoms with van der Waals surface area (Å²) in [4.78, 5) is 23.6. The monoisotopic (exact) mass is 367 g/mol. The minimum atomic E-state index is -0.509. The van der Waals surface area contributed by atoms with E-state index in [1.807, 2.05) is 0 Å². The maximum Gasteiger partial charge on any atom is 0.310 e. The van der Waals surface area contributed by atoms with Gasteiger partial charge in [0.2, 0.25) is 0 Å². The van der Waals surface area contributed by atoms with Gasteiger partial charge < -0.3 is 14.8 Å². The van der Waals surface area contributed by atoms with E-state index in [2.05, 4.69) is 5.32 Å². The van der Waals surface area contributed by atoms with Gasteiger partial charge in [-0.05, 0) is 35.9 Å². The summed E-state index contributed by atoms with van der Waals surface area (Å²) in [7, 11) is 1.48. The van der Waals surface area contributed by atoms with Crippen LogP contribution in [-0.2, 0) is 20.7 Å². The van der Waals surface area contributed by atoms with E-state index in [1.54, 1.807) is 42.5 Å². The summed E-state index contributed by atoms with van der Waals surface area (Å²) in [5, 5.41) is 3.62. The van der Waals surface area contributed by atoms with E-state index in [9.17, 15) is 9.59 Å². The number of carbonyl (C=O) groups is 2. The summed E-state index contributed by atoms with van der Waals surface area (Å²) in [6.45, 7) is -0.401. The Bertz CT molecular complexity index is 732. The number of nitrogens with one attached hydrogen (secondary N) is 1. The van der Waals surface area contributed by atoms with Crippen LogP contribution in [0.15, 0.2) is 42.5 Å². The molecule has 1 N–H and O–H groups in total. The molecule has 1 amide bonds. The first-order chi connectivity index (χ1) is 11.5. The quantitative estimate of drug-likeness (QED) is 0.790. The number of methoxy groups -OCH3 is 1. The van der Waals surface area contributed by atoms with E-state index in [0.717, 1.165) is 5.56 Å². The highest BCUT2D eigenvalue weighted by Crippen LogP contribution is 2.27. The molecule has 0 aromatic heterocycles. The summed E-state index contributed by atoms with van der Waals surface area (Å²) in [5.74, 6) is -0.536. The average Bonchev–Trinajstić information content (AvgIpc) is 2.55. The van der Waals surface area contributed by atoms with Crippen LogP contribution in [-0.4, -0.2) is 25.6 Å². The maximum absolute atomic E-state index is 11.9. The molecule has 0 aliphatic rings. The SMILES string of the molecule is COc1ccc(Cl)cc1NC(=O)COC(=O)Cc1ccc(Cl)cc1. The van der Waals surface area contributed by atoms with Crippen LogP contribution in [0.2, 0.25) is 10.0 Å². The third-order valence-electron chi connectivity index (χ3n) is 3.06. The van der Waals surface area contributed by atoms with Crippen LogP contribution < -0.4 is 10.1 Å². The van der Waals surface area contributed by atoms with Crippen LogP contribution in [0.25, 0.3) is 0 Å². The van der Waals surface area contributed by atoms with Crippen LogP contribution in [0.1, 0.15) is 5.56 Å². The fourth-order valence-corrected chi connectivity index (χ4v) is 2.23. The van der Waals surface area contributed by atoms with Crippen molar-refractivity contribution in [3.8, 4) is 5.75 Å². The van der Waals surface area contributed by atoms with Crippen LogP contribution >= 0.6 is 23.2 Å². The van der Waals surface area contributed by atoms with Gasteiger partial charge in [-0.1, -0.05) is 35.3 Å². The van der Waals surface area contributed by atoms with Gasteiger partial charge in [-0.15, -0.1) is 0 Å². The van der Waals surface area contributed by atoms with E-state index >= 15 is 0 Å². The van der Waals surface area contributed by atoms with Crippen LogP contribution in [0.5, 0.6) is 5.75 Å². The van der Waals surface area contributed by atoms with E-state index in [1.165, 1.54) is 7.11 Å². The van der Waals surface area contributed by atoms with Crippen LogP contribution in [0.4, 0.5) is 5.69 Å². The van der Waals surface area contributed by atoms with E-state index < -0.39 is 18.5 Å². The molecule has 2 rings (SSSR count). The second-order valence-corrected chi connectivity index (χ2v) is 5.73. The highest BCUT2D eigenvalue weighted by atomic mass is 35.5. The number of ether oxygens (including phenoxy) is 2. The molecule has 0 unspecified atom stereocenters. The van der Waals surface area contributed by atoms with E-state index in [4.69, 9.17) is 32.7 Å². The molecule has 0 bridgehead atoms. The number of hydrogen-bond acceptors (Lipinski definition) is 4. The Labute approximate surface area is 149 Å². The van der Waals surface area contributed by atoms with Crippen molar-refractivity contribution in [3.63, 3.8) is 0 Å². The van der Waals surface area contributed by atoms with Crippen LogP contribution in [0, 0.1) is 0 Å². The summed E-state index contributed by atoms with van der Waals surface area (Å²) < 4.78 is 10.1. The first kappa shape index (κ1) is 18.1. The van der Waals surface area contributed by atoms with Gasteiger partial charge in [0.05, 0.1) is 19.2 Å².